The van der Waals surface area contributed by atoms with E-state index in [9.17, 15) is 13.6 Å². The van der Waals surface area contributed by atoms with Crippen molar-refractivity contribution in [3.05, 3.63) is 69.6 Å². The number of carbonyl (C=O) groups excluding carboxylic acids is 1. The van der Waals surface area contributed by atoms with Gasteiger partial charge in [-0.05, 0) is 29.7 Å². The molecular weight excluding hydrogens is 302 g/mol. The van der Waals surface area contributed by atoms with Gasteiger partial charge in [-0.15, -0.1) is 11.3 Å². The standard InChI is InChI=1S/C15H7ClF2OS/c16-10-7-12(18)11(17)6-9(10)15(19)14-5-8-3-1-2-4-13(8)20-14/h1-7H. The monoisotopic (exact) mass is 308 g/mol. The molecule has 0 aliphatic carbocycles. The predicted octanol–water partition coefficient (Wildman–Crippen LogP) is 5.06. The summed E-state index contributed by atoms with van der Waals surface area (Å²) in [5.41, 5.74) is -0.0304. The van der Waals surface area contributed by atoms with E-state index >= 15 is 0 Å². The topological polar surface area (TPSA) is 17.1 Å². The highest BCUT2D eigenvalue weighted by Crippen LogP contribution is 2.29. The second kappa shape index (κ2) is 4.96. The van der Waals surface area contributed by atoms with Crippen LogP contribution in [0.2, 0.25) is 5.02 Å². The van der Waals surface area contributed by atoms with Gasteiger partial charge in [0.1, 0.15) is 0 Å². The van der Waals surface area contributed by atoms with Crippen molar-refractivity contribution in [2.24, 2.45) is 0 Å². The molecule has 1 aromatic heterocycles. The molecule has 0 amide bonds. The molecule has 100 valence electrons. The van der Waals surface area contributed by atoms with Gasteiger partial charge in [0.05, 0.1) is 9.90 Å². The van der Waals surface area contributed by atoms with E-state index in [1.807, 2.05) is 24.3 Å². The minimum absolute atomic E-state index is 0.0304. The summed E-state index contributed by atoms with van der Waals surface area (Å²) >= 11 is 7.12. The molecule has 1 nitrogen and oxygen atoms in total. The number of thiophene rings is 1. The minimum Gasteiger partial charge on any atom is -0.288 e. The Labute approximate surface area is 122 Å². The predicted molar refractivity (Wildman–Crippen MR) is 76.6 cm³/mol. The number of rotatable bonds is 2. The molecule has 3 aromatic rings. The lowest BCUT2D eigenvalue weighted by Gasteiger charge is -2.02. The first kappa shape index (κ1) is 13.2. The van der Waals surface area contributed by atoms with Crippen molar-refractivity contribution in [1.82, 2.24) is 0 Å². The molecule has 2 aromatic carbocycles. The van der Waals surface area contributed by atoms with Crippen LogP contribution >= 0.6 is 22.9 Å². The van der Waals surface area contributed by atoms with Crippen molar-refractivity contribution >= 4 is 38.8 Å². The fraction of sp³-hybridized carbons (Fsp3) is 0. The molecule has 0 aliphatic heterocycles. The summed E-state index contributed by atoms with van der Waals surface area (Å²) in [5, 5.41) is 0.839. The van der Waals surface area contributed by atoms with Crippen molar-refractivity contribution in [1.29, 1.82) is 0 Å². The lowest BCUT2D eigenvalue weighted by molar-refractivity contribution is 0.104. The summed E-state index contributed by atoms with van der Waals surface area (Å²) in [7, 11) is 0. The molecule has 0 radical (unpaired) electrons. The van der Waals surface area contributed by atoms with Crippen LogP contribution < -0.4 is 0 Å². The highest BCUT2D eigenvalue weighted by Gasteiger charge is 2.18. The van der Waals surface area contributed by atoms with E-state index in [-0.39, 0.29) is 10.6 Å². The quantitative estimate of drug-likeness (QED) is 0.477. The van der Waals surface area contributed by atoms with Gasteiger partial charge in [-0.1, -0.05) is 29.8 Å². The summed E-state index contributed by atoms with van der Waals surface area (Å²) in [6.45, 7) is 0. The average molecular weight is 309 g/mol. The van der Waals surface area contributed by atoms with Gasteiger partial charge in [0.25, 0.3) is 0 Å². The number of halogens is 3. The van der Waals surface area contributed by atoms with E-state index in [4.69, 9.17) is 11.6 Å². The Morgan fingerprint density at radius 1 is 1.05 bits per heavy atom. The highest BCUT2D eigenvalue weighted by molar-refractivity contribution is 7.21. The van der Waals surface area contributed by atoms with E-state index in [0.29, 0.717) is 4.88 Å². The Morgan fingerprint density at radius 3 is 2.50 bits per heavy atom. The van der Waals surface area contributed by atoms with Crippen LogP contribution in [-0.2, 0) is 0 Å². The van der Waals surface area contributed by atoms with Gasteiger partial charge in [-0.2, -0.15) is 0 Å². The smallest absolute Gasteiger partial charge is 0.204 e. The molecular formula is C15H7ClF2OS. The Kier molecular flexibility index (Phi) is 3.28. The van der Waals surface area contributed by atoms with Gasteiger partial charge >= 0.3 is 0 Å². The van der Waals surface area contributed by atoms with Crippen molar-refractivity contribution in [2.75, 3.05) is 0 Å². The lowest BCUT2D eigenvalue weighted by Crippen LogP contribution is -2.01. The number of fused-ring (bicyclic) bond motifs is 1. The third-order valence-corrected chi connectivity index (χ3v) is 4.33. The van der Waals surface area contributed by atoms with Crippen LogP contribution in [-0.4, -0.2) is 5.78 Å². The van der Waals surface area contributed by atoms with Crippen LogP contribution in [0.25, 0.3) is 10.1 Å². The number of ketones is 1. The van der Waals surface area contributed by atoms with Crippen molar-refractivity contribution < 1.29 is 13.6 Å². The zero-order valence-corrected chi connectivity index (χ0v) is 11.6. The van der Waals surface area contributed by atoms with Gasteiger partial charge < -0.3 is 0 Å². The molecule has 0 saturated carbocycles. The Bertz CT molecular complexity index is 793. The molecule has 0 unspecified atom stereocenters. The molecule has 0 saturated heterocycles. The van der Waals surface area contributed by atoms with E-state index in [0.717, 1.165) is 22.2 Å². The lowest BCUT2D eigenvalue weighted by atomic mass is 10.1. The summed E-state index contributed by atoms with van der Waals surface area (Å²) in [5.74, 6) is -2.56. The summed E-state index contributed by atoms with van der Waals surface area (Å²) < 4.78 is 27.2. The van der Waals surface area contributed by atoms with Crippen LogP contribution in [0.4, 0.5) is 8.78 Å². The zero-order chi connectivity index (χ0) is 14.3. The van der Waals surface area contributed by atoms with E-state index in [1.54, 1.807) is 6.07 Å². The molecule has 0 spiro atoms. The second-order valence-electron chi connectivity index (χ2n) is 4.22. The van der Waals surface area contributed by atoms with E-state index in [1.165, 1.54) is 11.3 Å². The first-order valence-corrected chi connectivity index (χ1v) is 6.93. The maximum absolute atomic E-state index is 13.3. The van der Waals surface area contributed by atoms with Gasteiger partial charge in [0.15, 0.2) is 11.6 Å². The van der Waals surface area contributed by atoms with E-state index < -0.39 is 17.4 Å². The van der Waals surface area contributed by atoms with Crippen molar-refractivity contribution in [3.63, 3.8) is 0 Å². The van der Waals surface area contributed by atoms with Crippen LogP contribution in [0.1, 0.15) is 15.2 Å². The normalized spacial score (nSPS) is 10.9. The molecule has 0 fully saturated rings. The number of hydrogen-bond acceptors (Lipinski definition) is 2. The molecule has 0 atom stereocenters. The van der Waals surface area contributed by atoms with Crippen molar-refractivity contribution in [3.8, 4) is 0 Å². The molecule has 1 heterocycles. The molecule has 20 heavy (non-hydrogen) atoms. The maximum atomic E-state index is 13.3. The Balaban J connectivity index is 2.10. The van der Waals surface area contributed by atoms with Crippen LogP contribution in [0, 0.1) is 11.6 Å². The summed E-state index contributed by atoms with van der Waals surface area (Å²) in [4.78, 5) is 12.8. The van der Waals surface area contributed by atoms with Crippen LogP contribution in [0.15, 0.2) is 42.5 Å². The van der Waals surface area contributed by atoms with Gasteiger partial charge in [-0.3, -0.25) is 4.79 Å². The van der Waals surface area contributed by atoms with Gasteiger partial charge in [0, 0.05) is 10.3 Å². The number of benzene rings is 2. The zero-order valence-electron chi connectivity index (χ0n) is 9.99. The van der Waals surface area contributed by atoms with Crippen LogP contribution in [0.3, 0.4) is 0 Å². The molecule has 0 N–H and O–H groups in total. The van der Waals surface area contributed by atoms with Crippen molar-refractivity contribution in [2.45, 2.75) is 0 Å². The molecule has 0 aliphatic rings. The summed E-state index contributed by atoms with van der Waals surface area (Å²) in [6, 6.07) is 10.9. The molecule has 3 rings (SSSR count). The second-order valence-corrected chi connectivity index (χ2v) is 5.71. The largest absolute Gasteiger partial charge is 0.288 e. The van der Waals surface area contributed by atoms with Crippen LogP contribution in [0.5, 0.6) is 0 Å². The fourth-order valence-electron chi connectivity index (χ4n) is 1.92. The summed E-state index contributed by atoms with van der Waals surface area (Å²) in [6.07, 6.45) is 0. The third-order valence-electron chi connectivity index (χ3n) is 2.90. The minimum atomic E-state index is -1.08. The third kappa shape index (κ3) is 2.21. The first-order chi connectivity index (χ1) is 9.56. The van der Waals surface area contributed by atoms with Gasteiger partial charge in [-0.25, -0.2) is 8.78 Å². The molecule has 5 heteroatoms. The van der Waals surface area contributed by atoms with Gasteiger partial charge in [0.2, 0.25) is 5.78 Å². The SMILES string of the molecule is O=C(c1cc2ccccc2s1)c1cc(F)c(F)cc1Cl. The average Bonchev–Trinajstić information content (AvgIpc) is 2.86. The number of hydrogen-bond donors (Lipinski definition) is 0. The maximum Gasteiger partial charge on any atom is 0.204 e. The molecule has 0 bridgehead atoms. The van der Waals surface area contributed by atoms with E-state index in [2.05, 4.69) is 0 Å². The number of carbonyl (C=O) groups is 1. The first-order valence-electron chi connectivity index (χ1n) is 5.74. The highest BCUT2D eigenvalue weighted by atomic mass is 35.5. The Morgan fingerprint density at radius 2 is 1.75 bits per heavy atom. The Hall–Kier alpha value is -1.78. The fourth-order valence-corrected chi connectivity index (χ4v) is 3.18.